The summed E-state index contributed by atoms with van der Waals surface area (Å²) in [5.74, 6) is -2.68. The van der Waals surface area contributed by atoms with Gasteiger partial charge in [-0.15, -0.1) is 23.1 Å². The molecular formula is C18H17N8NaO7S3. The van der Waals surface area contributed by atoms with E-state index in [9.17, 15) is 29.1 Å². The zero-order valence-corrected chi connectivity index (χ0v) is 24.0. The number of aryl methyl sites for hydroxylation is 1. The number of rotatable bonds is 8. The Hall–Kier alpha value is -2.64. The monoisotopic (exact) mass is 576 g/mol. The van der Waals surface area contributed by atoms with E-state index < -0.39 is 40.3 Å². The number of aromatic amines is 1. The van der Waals surface area contributed by atoms with Gasteiger partial charge in [0.15, 0.2) is 16.0 Å². The number of thiazole rings is 1. The number of fused-ring (bicyclic) bond motifs is 1. The Labute approximate surface area is 242 Å². The van der Waals surface area contributed by atoms with Crippen molar-refractivity contribution in [1.29, 1.82) is 0 Å². The van der Waals surface area contributed by atoms with E-state index in [0.29, 0.717) is 5.57 Å². The fraction of sp³-hybridized carbons (Fsp3) is 0.333. The molecule has 4 N–H and O–H groups in total. The van der Waals surface area contributed by atoms with Crippen molar-refractivity contribution in [3.05, 3.63) is 43.1 Å². The molecule has 2 amide bonds. The van der Waals surface area contributed by atoms with Crippen LogP contribution in [0.1, 0.15) is 5.69 Å². The van der Waals surface area contributed by atoms with Gasteiger partial charge in [0.1, 0.15) is 24.2 Å². The summed E-state index contributed by atoms with van der Waals surface area (Å²) in [6, 6.07) is -1.02. The molecule has 15 nitrogen and oxygen atoms in total. The Kier molecular flexibility index (Phi) is 9.24. The molecule has 1 fully saturated rings. The Balaban J connectivity index is 0.00000380. The summed E-state index contributed by atoms with van der Waals surface area (Å²) in [6.45, 7) is 0. The Morgan fingerprint density at radius 1 is 1.38 bits per heavy atom. The van der Waals surface area contributed by atoms with E-state index >= 15 is 0 Å². The van der Waals surface area contributed by atoms with Crippen LogP contribution in [0.5, 0.6) is 0 Å². The van der Waals surface area contributed by atoms with E-state index in [1.54, 1.807) is 0 Å². The van der Waals surface area contributed by atoms with Gasteiger partial charge >= 0.3 is 40.7 Å². The van der Waals surface area contributed by atoms with Crippen LogP contribution in [0, 0.1) is 0 Å². The molecule has 4 heterocycles. The van der Waals surface area contributed by atoms with E-state index in [1.165, 1.54) is 36.0 Å². The molecule has 2 aliphatic rings. The molecule has 2 aliphatic heterocycles. The number of nitrogens with zero attached hydrogens (tertiary/aromatic N) is 5. The minimum atomic E-state index is -1.56. The minimum Gasteiger partial charge on any atom is -0.543 e. The minimum absolute atomic E-state index is 0. The summed E-state index contributed by atoms with van der Waals surface area (Å²) in [7, 11) is 2.72. The van der Waals surface area contributed by atoms with Crippen LogP contribution in [-0.4, -0.2) is 78.2 Å². The number of nitrogen functional groups attached to an aromatic ring is 1. The Morgan fingerprint density at radius 3 is 2.73 bits per heavy atom. The number of aromatic nitrogens is 4. The van der Waals surface area contributed by atoms with Gasteiger partial charge in [-0.25, -0.2) is 4.98 Å². The third kappa shape index (κ3) is 5.78. The summed E-state index contributed by atoms with van der Waals surface area (Å²) in [5.41, 5.74) is 3.77. The SMILES string of the molecule is CON=C(C(=O)N[C@H]1C(=O)N2C(C(=O)[O-])=C(CSc3nc(=O)c(=O)[nH]n3C)CS[C@H]12)c1csc(N)n1.[Na+]. The molecule has 0 radical (unpaired) electrons. The fourth-order valence-corrected chi connectivity index (χ4v) is 6.38. The molecule has 2 atom stereocenters. The number of nitrogens with two attached hydrogens (primary N) is 1. The summed E-state index contributed by atoms with van der Waals surface area (Å²) in [5, 5.41) is 21.6. The second-order valence-electron chi connectivity index (χ2n) is 7.28. The average Bonchev–Trinajstić information content (AvgIpc) is 3.27. The number of carbonyl (C=O) groups is 3. The van der Waals surface area contributed by atoms with Crippen molar-refractivity contribution in [1.82, 2.24) is 30.0 Å². The predicted octanol–water partition coefficient (Wildman–Crippen LogP) is -5.94. The number of carbonyl (C=O) groups excluding carboxylic acids is 3. The van der Waals surface area contributed by atoms with Gasteiger partial charge in [-0.2, -0.15) is 4.98 Å². The molecule has 0 aromatic carbocycles. The number of amides is 2. The number of hydrogen-bond donors (Lipinski definition) is 3. The maximum Gasteiger partial charge on any atom is 1.00 e. The van der Waals surface area contributed by atoms with Crippen molar-refractivity contribution in [3.8, 4) is 0 Å². The standard InChI is InChI=1S/C18H18N8O7S3.Na/c1-25-18(22-12(28)13(29)23-25)36-4-6-3-34-15-9(14(30)26(15)10(6)16(31)32)21-11(27)8(24-33-2)7-5-35-17(19)20-7;/h5,9,15H,3-4H2,1-2H3,(H2,19,20)(H,21,27)(H,23,29)(H,31,32);/q;+1/p-1/t9-,15+;/m0./s1. The average molecular weight is 577 g/mol. The first-order chi connectivity index (χ1) is 17.1. The molecule has 0 bridgehead atoms. The number of H-pyrrole nitrogens is 1. The second kappa shape index (κ2) is 11.8. The first kappa shape index (κ1) is 28.9. The molecule has 0 unspecified atom stereocenters. The number of oxime groups is 1. The van der Waals surface area contributed by atoms with Crippen LogP contribution in [0.15, 0.2) is 36.6 Å². The number of aliphatic carboxylic acids is 1. The Morgan fingerprint density at radius 2 is 2.11 bits per heavy atom. The zero-order valence-electron chi connectivity index (χ0n) is 19.5. The quantitative estimate of drug-likeness (QED) is 0.0668. The van der Waals surface area contributed by atoms with Crippen molar-refractivity contribution in [2.24, 2.45) is 12.2 Å². The number of thioether (sulfide) groups is 2. The van der Waals surface area contributed by atoms with Crippen LogP contribution in [0.25, 0.3) is 0 Å². The number of carboxylic acids is 1. The van der Waals surface area contributed by atoms with E-state index in [1.807, 2.05) is 0 Å². The van der Waals surface area contributed by atoms with Gasteiger partial charge in [-0.05, 0) is 5.57 Å². The number of β-lactam (4-membered cyclic amide) rings is 1. The van der Waals surface area contributed by atoms with Gasteiger partial charge in [0.2, 0.25) is 0 Å². The maximum atomic E-state index is 12.9. The normalized spacial score (nSPS) is 19.0. The molecule has 2 aromatic rings. The van der Waals surface area contributed by atoms with E-state index in [4.69, 9.17) is 10.6 Å². The smallest absolute Gasteiger partial charge is 0.543 e. The molecule has 19 heteroatoms. The van der Waals surface area contributed by atoms with E-state index in [2.05, 4.69) is 25.5 Å². The maximum absolute atomic E-state index is 12.9. The molecule has 4 rings (SSSR count). The van der Waals surface area contributed by atoms with Crippen molar-refractivity contribution in [2.75, 3.05) is 24.3 Å². The van der Waals surface area contributed by atoms with Crippen LogP contribution < -0.4 is 56.8 Å². The van der Waals surface area contributed by atoms with Crippen molar-refractivity contribution < 1.29 is 53.9 Å². The third-order valence-electron chi connectivity index (χ3n) is 5.01. The van der Waals surface area contributed by atoms with Crippen molar-refractivity contribution in [3.63, 3.8) is 0 Å². The molecule has 0 spiro atoms. The largest absolute Gasteiger partial charge is 1.00 e. The summed E-state index contributed by atoms with van der Waals surface area (Å²) < 4.78 is 1.24. The molecule has 0 saturated carbocycles. The van der Waals surface area contributed by atoms with Gasteiger partial charge in [0, 0.05) is 23.9 Å². The molecule has 190 valence electrons. The number of carboxylic acid groups (broad SMARTS) is 1. The zero-order chi connectivity index (χ0) is 26.1. The molecule has 37 heavy (non-hydrogen) atoms. The van der Waals surface area contributed by atoms with Gasteiger partial charge in [-0.1, -0.05) is 16.9 Å². The van der Waals surface area contributed by atoms with Crippen molar-refractivity contribution >= 4 is 63.5 Å². The number of hydrogen-bond acceptors (Lipinski definition) is 14. The molecular weight excluding hydrogens is 559 g/mol. The third-order valence-corrected chi connectivity index (χ3v) is 8.14. The van der Waals surface area contributed by atoms with Crippen LogP contribution in [-0.2, 0) is 26.3 Å². The summed E-state index contributed by atoms with van der Waals surface area (Å²) in [4.78, 5) is 74.0. The van der Waals surface area contributed by atoms with Crippen LogP contribution in [0.2, 0.25) is 0 Å². The van der Waals surface area contributed by atoms with E-state index in [0.717, 1.165) is 28.0 Å². The van der Waals surface area contributed by atoms with Crippen LogP contribution in [0.3, 0.4) is 0 Å². The van der Waals surface area contributed by atoms with E-state index in [-0.39, 0.29) is 68.5 Å². The Bertz CT molecular complexity index is 1430. The van der Waals surface area contributed by atoms with Gasteiger partial charge < -0.3 is 25.8 Å². The van der Waals surface area contributed by atoms with Gasteiger partial charge in [0.05, 0.1) is 11.7 Å². The first-order valence-corrected chi connectivity index (χ1v) is 12.8. The van der Waals surface area contributed by atoms with Gasteiger partial charge in [-0.3, -0.25) is 33.9 Å². The second-order valence-corrected chi connectivity index (χ2v) is 10.2. The molecule has 2 aromatic heterocycles. The number of anilines is 1. The summed E-state index contributed by atoms with van der Waals surface area (Å²) >= 11 is 3.35. The topological polar surface area (TPSA) is 218 Å². The van der Waals surface area contributed by atoms with Gasteiger partial charge in [0.25, 0.3) is 11.8 Å². The number of nitrogens with one attached hydrogen (secondary N) is 2. The fourth-order valence-electron chi connectivity index (χ4n) is 3.43. The van der Waals surface area contributed by atoms with Crippen LogP contribution >= 0.6 is 34.9 Å². The molecule has 0 aliphatic carbocycles. The van der Waals surface area contributed by atoms with Crippen LogP contribution in [0.4, 0.5) is 5.13 Å². The van der Waals surface area contributed by atoms with Crippen molar-refractivity contribution in [2.45, 2.75) is 16.6 Å². The summed E-state index contributed by atoms with van der Waals surface area (Å²) in [6.07, 6.45) is 0. The molecule has 1 saturated heterocycles. The first-order valence-electron chi connectivity index (χ1n) is 9.94. The predicted molar refractivity (Wildman–Crippen MR) is 128 cm³/mol.